The number of benzene rings is 2. The molecule has 0 aliphatic carbocycles. The molecule has 0 spiro atoms. The fourth-order valence-corrected chi connectivity index (χ4v) is 3.32. The monoisotopic (exact) mass is 381 g/mol. The third kappa shape index (κ3) is 4.51. The third-order valence-electron chi connectivity index (χ3n) is 4.98. The number of nitrogens with two attached hydrogens (primary N) is 1. The summed E-state index contributed by atoms with van der Waals surface area (Å²) in [6.07, 6.45) is 1.16. The van der Waals surface area contributed by atoms with E-state index in [0.29, 0.717) is 12.1 Å². The second-order valence-corrected chi connectivity index (χ2v) is 7.67. The number of rotatable bonds is 6. The van der Waals surface area contributed by atoms with Crippen molar-refractivity contribution in [2.75, 3.05) is 7.11 Å². The van der Waals surface area contributed by atoms with Crippen molar-refractivity contribution >= 4 is 11.7 Å². The second-order valence-electron chi connectivity index (χ2n) is 7.67. The number of methoxy groups -OCH3 is 1. The number of amidine groups is 1. The lowest BCUT2D eigenvalue weighted by atomic mass is 9.92. The average molecular weight is 381 g/mol. The van der Waals surface area contributed by atoms with Crippen LogP contribution in [0, 0.1) is 5.41 Å². The lowest BCUT2D eigenvalue weighted by Gasteiger charge is -2.33. The predicted octanol–water partition coefficient (Wildman–Crippen LogP) is 3.08. The summed E-state index contributed by atoms with van der Waals surface area (Å²) in [5, 5.41) is 10.3. The number of hydrogen-bond acceptors (Lipinski definition) is 4. The summed E-state index contributed by atoms with van der Waals surface area (Å²) in [4.78, 5) is 12.7. The van der Waals surface area contributed by atoms with E-state index in [4.69, 9.17) is 20.6 Å². The Balaban J connectivity index is 1.67. The van der Waals surface area contributed by atoms with Crippen LogP contribution in [0.25, 0.3) is 0 Å². The molecule has 2 aromatic carbocycles. The molecule has 1 unspecified atom stereocenters. The van der Waals surface area contributed by atoms with Gasteiger partial charge in [-0.05, 0) is 55.5 Å². The molecule has 2 aromatic rings. The van der Waals surface area contributed by atoms with Crippen LogP contribution in [-0.4, -0.2) is 24.5 Å². The van der Waals surface area contributed by atoms with Crippen molar-refractivity contribution in [2.24, 2.45) is 5.73 Å². The van der Waals surface area contributed by atoms with Gasteiger partial charge in [-0.15, -0.1) is 0 Å². The first-order valence-electron chi connectivity index (χ1n) is 9.35. The molecule has 0 radical (unpaired) electrons. The van der Waals surface area contributed by atoms with Gasteiger partial charge >= 0.3 is 0 Å². The molecule has 1 aliphatic heterocycles. The van der Waals surface area contributed by atoms with Crippen molar-refractivity contribution in [1.29, 1.82) is 5.41 Å². The summed E-state index contributed by atoms with van der Waals surface area (Å²) < 4.78 is 11.5. The van der Waals surface area contributed by atoms with E-state index in [0.717, 1.165) is 35.3 Å². The number of amides is 1. The van der Waals surface area contributed by atoms with Crippen molar-refractivity contribution in [3.8, 4) is 5.75 Å². The van der Waals surface area contributed by atoms with Crippen molar-refractivity contribution in [3.05, 3.63) is 64.7 Å². The Morgan fingerprint density at radius 1 is 1.29 bits per heavy atom. The Hall–Kier alpha value is -2.86. The molecule has 4 N–H and O–H groups in total. The summed E-state index contributed by atoms with van der Waals surface area (Å²) >= 11 is 0. The fraction of sp³-hybridized carbons (Fsp3) is 0.364. The standard InChI is InChI=1S/C22H27N3O3/c1-22(2)11-10-16-12-17(8-9-18(16)28-22)19(27-3)21(26)25-13-14-4-6-15(7-5-14)20(23)24/h4-9,12,19H,10-11,13H2,1-3H3,(H3,23,24)(H,25,26). The van der Waals surface area contributed by atoms with Crippen LogP contribution in [0.1, 0.15) is 48.6 Å². The Morgan fingerprint density at radius 3 is 2.64 bits per heavy atom. The predicted molar refractivity (Wildman–Crippen MR) is 109 cm³/mol. The minimum Gasteiger partial charge on any atom is -0.488 e. The molecule has 28 heavy (non-hydrogen) atoms. The van der Waals surface area contributed by atoms with Gasteiger partial charge in [0.2, 0.25) is 0 Å². The van der Waals surface area contributed by atoms with Crippen molar-refractivity contribution in [3.63, 3.8) is 0 Å². The zero-order valence-corrected chi connectivity index (χ0v) is 16.5. The van der Waals surface area contributed by atoms with Gasteiger partial charge < -0.3 is 20.5 Å². The molecule has 6 heteroatoms. The van der Waals surface area contributed by atoms with E-state index in [1.165, 1.54) is 7.11 Å². The topological polar surface area (TPSA) is 97.4 Å². The normalized spacial score (nSPS) is 15.8. The molecular weight excluding hydrogens is 354 g/mol. The second kappa shape index (κ2) is 8.02. The number of ether oxygens (including phenoxy) is 2. The van der Waals surface area contributed by atoms with E-state index in [1.54, 1.807) is 12.1 Å². The van der Waals surface area contributed by atoms with Crippen molar-refractivity contribution < 1.29 is 14.3 Å². The molecule has 1 heterocycles. The highest BCUT2D eigenvalue weighted by molar-refractivity contribution is 5.94. The molecule has 0 saturated carbocycles. The number of aryl methyl sites for hydroxylation is 1. The Labute approximate surface area is 165 Å². The summed E-state index contributed by atoms with van der Waals surface area (Å²) in [5.41, 5.74) is 8.80. The van der Waals surface area contributed by atoms with E-state index in [1.807, 2.05) is 30.3 Å². The maximum atomic E-state index is 12.7. The quantitative estimate of drug-likeness (QED) is 0.529. The van der Waals surface area contributed by atoms with Crippen LogP contribution in [0.3, 0.4) is 0 Å². The highest BCUT2D eigenvalue weighted by Gasteiger charge is 2.28. The van der Waals surface area contributed by atoms with Gasteiger partial charge in [-0.1, -0.05) is 30.3 Å². The van der Waals surface area contributed by atoms with Crippen LogP contribution in [0.4, 0.5) is 0 Å². The molecule has 148 valence electrons. The smallest absolute Gasteiger partial charge is 0.254 e. The zero-order chi connectivity index (χ0) is 20.3. The van der Waals surface area contributed by atoms with E-state index in [9.17, 15) is 4.79 Å². The number of nitrogen functional groups attached to an aromatic ring is 1. The number of carbonyl (C=O) groups is 1. The number of carbonyl (C=O) groups excluding carboxylic acids is 1. The average Bonchev–Trinajstić information content (AvgIpc) is 2.66. The van der Waals surface area contributed by atoms with E-state index < -0.39 is 6.10 Å². The molecule has 0 aromatic heterocycles. The molecule has 3 rings (SSSR count). The van der Waals surface area contributed by atoms with E-state index >= 15 is 0 Å². The summed E-state index contributed by atoms with van der Waals surface area (Å²) in [5.74, 6) is 0.700. The van der Waals surface area contributed by atoms with Crippen LogP contribution in [0.15, 0.2) is 42.5 Å². The molecular formula is C22H27N3O3. The SMILES string of the molecule is COC(C(=O)NCc1ccc(C(=N)N)cc1)c1ccc2c(c1)CCC(C)(C)O2. The van der Waals surface area contributed by atoms with Gasteiger partial charge in [0.25, 0.3) is 5.91 Å². The first-order valence-corrected chi connectivity index (χ1v) is 9.35. The third-order valence-corrected chi connectivity index (χ3v) is 4.98. The lowest BCUT2D eigenvalue weighted by molar-refractivity contribution is -0.131. The zero-order valence-electron chi connectivity index (χ0n) is 16.5. The van der Waals surface area contributed by atoms with Gasteiger partial charge in [0.1, 0.15) is 17.2 Å². The summed E-state index contributed by atoms with van der Waals surface area (Å²) in [6.45, 7) is 4.54. The largest absolute Gasteiger partial charge is 0.488 e. The minimum absolute atomic E-state index is 0.0230. The maximum Gasteiger partial charge on any atom is 0.254 e. The van der Waals surface area contributed by atoms with Gasteiger partial charge in [0, 0.05) is 19.2 Å². The molecule has 6 nitrogen and oxygen atoms in total. The molecule has 0 saturated heterocycles. The van der Waals surface area contributed by atoms with Crippen LogP contribution < -0.4 is 15.8 Å². The minimum atomic E-state index is -0.684. The van der Waals surface area contributed by atoms with Gasteiger partial charge in [-0.3, -0.25) is 10.2 Å². The molecule has 1 aliphatic rings. The Kier molecular flexibility index (Phi) is 5.70. The van der Waals surface area contributed by atoms with Gasteiger partial charge in [0.05, 0.1) is 0 Å². The van der Waals surface area contributed by atoms with Crippen LogP contribution in [0.2, 0.25) is 0 Å². The van der Waals surface area contributed by atoms with E-state index in [-0.39, 0.29) is 17.3 Å². The fourth-order valence-electron chi connectivity index (χ4n) is 3.32. The van der Waals surface area contributed by atoms with Gasteiger partial charge in [-0.25, -0.2) is 0 Å². The Bertz CT molecular complexity index is 875. The molecule has 1 atom stereocenters. The highest BCUT2D eigenvalue weighted by atomic mass is 16.5. The number of fused-ring (bicyclic) bond motifs is 1. The van der Waals surface area contributed by atoms with Crippen LogP contribution >= 0.6 is 0 Å². The summed E-state index contributed by atoms with van der Waals surface area (Å²) in [6, 6.07) is 13.0. The first-order chi connectivity index (χ1) is 13.3. The number of hydrogen-bond donors (Lipinski definition) is 3. The molecule has 1 amide bonds. The van der Waals surface area contributed by atoms with Crippen molar-refractivity contribution in [1.82, 2.24) is 5.32 Å². The van der Waals surface area contributed by atoms with Gasteiger partial charge in [0.15, 0.2) is 6.10 Å². The van der Waals surface area contributed by atoms with Gasteiger partial charge in [-0.2, -0.15) is 0 Å². The summed E-state index contributed by atoms with van der Waals surface area (Å²) in [7, 11) is 1.53. The van der Waals surface area contributed by atoms with Crippen LogP contribution in [0.5, 0.6) is 5.75 Å². The van der Waals surface area contributed by atoms with Crippen molar-refractivity contribution in [2.45, 2.75) is 44.9 Å². The first kappa shape index (κ1) is 19.9. The van der Waals surface area contributed by atoms with Crippen LogP contribution in [-0.2, 0) is 22.5 Å². The highest BCUT2D eigenvalue weighted by Crippen LogP contribution is 2.35. The lowest BCUT2D eigenvalue weighted by Crippen LogP contribution is -2.33. The van der Waals surface area contributed by atoms with E-state index in [2.05, 4.69) is 19.2 Å². The molecule has 0 fully saturated rings. The molecule has 0 bridgehead atoms. The number of nitrogens with one attached hydrogen (secondary N) is 2. The maximum absolute atomic E-state index is 12.7. The Morgan fingerprint density at radius 2 is 2.00 bits per heavy atom.